The SMILES string of the molecule is CCOC(=O)c1ccc(S(=O)(=O)N2CCN(Cc3sccc3Br)CC2)cc1. The Bertz CT molecular complexity index is 888. The molecule has 0 aliphatic carbocycles. The summed E-state index contributed by atoms with van der Waals surface area (Å²) >= 11 is 5.23. The van der Waals surface area contributed by atoms with Gasteiger partial charge in [0.05, 0.1) is 17.1 Å². The van der Waals surface area contributed by atoms with Crippen molar-refractivity contribution in [2.45, 2.75) is 18.4 Å². The molecule has 0 unspecified atom stereocenters. The van der Waals surface area contributed by atoms with Gasteiger partial charge >= 0.3 is 5.97 Å². The average Bonchev–Trinajstić information content (AvgIpc) is 3.07. The fourth-order valence-electron chi connectivity index (χ4n) is 2.90. The van der Waals surface area contributed by atoms with Gasteiger partial charge in [0.1, 0.15) is 0 Å². The summed E-state index contributed by atoms with van der Waals surface area (Å²) in [6.07, 6.45) is 0. The summed E-state index contributed by atoms with van der Waals surface area (Å²) in [5, 5.41) is 2.04. The summed E-state index contributed by atoms with van der Waals surface area (Å²) < 4.78 is 33.2. The van der Waals surface area contributed by atoms with Crippen LogP contribution in [0, 0.1) is 0 Å². The maximum atomic E-state index is 12.9. The number of carbonyl (C=O) groups is 1. The van der Waals surface area contributed by atoms with E-state index in [1.807, 2.05) is 11.4 Å². The van der Waals surface area contributed by atoms with Crippen LogP contribution in [0.4, 0.5) is 0 Å². The molecule has 0 spiro atoms. The van der Waals surface area contributed by atoms with Gasteiger partial charge in [0.2, 0.25) is 10.0 Å². The maximum absolute atomic E-state index is 12.9. The van der Waals surface area contributed by atoms with Crippen molar-refractivity contribution < 1.29 is 17.9 Å². The number of piperazine rings is 1. The second kappa shape index (κ2) is 8.83. The van der Waals surface area contributed by atoms with E-state index in [2.05, 4.69) is 20.8 Å². The fourth-order valence-corrected chi connectivity index (χ4v) is 5.84. The third kappa shape index (κ3) is 4.78. The minimum atomic E-state index is -3.56. The third-order valence-corrected chi connectivity index (χ3v) is 8.22. The first-order valence-corrected chi connectivity index (χ1v) is 11.7. The van der Waals surface area contributed by atoms with Gasteiger partial charge in [-0.1, -0.05) is 0 Å². The zero-order chi connectivity index (χ0) is 19.4. The van der Waals surface area contributed by atoms with E-state index in [0.29, 0.717) is 31.7 Å². The van der Waals surface area contributed by atoms with Gasteiger partial charge in [0.15, 0.2) is 0 Å². The standard InChI is InChI=1S/C18H21BrN2O4S2/c1-2-25-18(22)14-3-5-15(6-4-14)27(23,24)21-10-8-20(9-11-21)13-17-16(19)7-12-26-17/h3-7,12H,2,8-11,13H2,1H3. The van der Waals surface area contributed by atoms with Gasteiger partial charge in [-0.05, 0) is 58.6 Å². The topological polar surface area (TPSA) is 66.9 Å². The van der Waals surface area contributed by atoms with Crippen molar-refractivity contribution in [1.29, 1.82) is 0 Å². The van der Waals surface area contributed by atoms with Crippen LogP contribution in [0.2, 0.25) is 0 Å². The molecular weight excluding hydrogens is 452 g/mol. The van der Waals surface area contributed by atoms with Crippen molar-refractivity contribution in [3.63, 3.8) is 0 Å². The molecule has 1 aromatic carbocycles. The van der Waals surface area contributed by atoms with Gasteiger partial charge in [-0.3, -0.25) is 4.90 Å². The summed E-state index contributed by atoms with van der Waals surface area (Å²) in [5.41, 5.74) is 0.349. The number of nitrogens with zero attached hydrogens (tertiary/aromatic N) is 2. The lowest BCUT2D eigenvalue weighted by molar-refractivity contribution is 0.0526. The fraction of sp³-hybridized carbons (Fsp3) is 0.389. The van der Waals surface area contributed by atoms with Gasteiger partial charge in [-0.15, -0.1) is 11.3 Å². The molecule has 0 bridgehead atoms. The van der Waals surface area contributed by atoms with E-state index in [0.717, 1.165) is 11.0 Å². The Labute approximate surface area is 171 Å². The maximum Gasteiger partial charge on any atom is 0.338 e. The van der Waals surface area contributed by atoms with E-state index >= 15 is 0 Å². The minimum Gasteiger partial charge on any atom is -0.462 e. The second-order valence-electron chi connectivity index (χ2n) is 6.12. The van der Waals surface area contributed by atoms with E-state index in [-0.39, 0.29) is 11.5 Å². The Morgan fingerprint density at radius 2 is 1.81 bits per heavy atom. The highest BCUT2D eigenvalue weighted by molar-refractivity contribution is 9.10. The Morgan fingerprint density at radius 1 is 1.15 bits per heavy atom. The van der Waals surface area contributed by atoms with E-state index in [1.165, 1.54) is 33.4 Å². The Morgan fingerprint density at radius 3 is 2.37 bits per heavy atom. The average molecular weight is 473 g/mol. The molecule has 1 fully saturated rings. The molecular formula is C18H21BrN2O4S2. The number of carbonyl (C=O) groups excluding carboxylic acids is 1. The summed E-state index contributed by atoms with van der Waals surface area (Å²) in [6.45, 7) is 5.10. The monoisotopic (exact) mass is 472 g/mol. The van der Waals surface area contributed by atoms with Crippen LogP contribution >= 0.6 is 27.3 Å². The minimum absolute atomic E-state index is 0.199. The van der Waals surface area contributed by atoms with Crippen LogP contribution in [-0.4, -0.2) is 56.4 Å². The molecule has 3 rings (SSSR count). The molecule has 27 heavy (non-hydrogen) atoms. The Balaban J connectivity index is 1.62. The van der Waals surface area contributed by atoms with Gasteiger partial charge in [-0.25, -0.2) is 13.2 Å². The predicted octanol–water partition coefficient (Wildman–Crippen LogP) is 3.19. The van der Waals surface area contributed by atoms with Crippen LogP contribution in [0.1, 0.15) is 22.2 Å². The van der Waals surface area contributed by atoms with Crippen molar-refractivity contribution in [2.24, 2.45) is 0 Å². The first-order valence-electron chi connectivity index (χ1n) is 8.63. The number of sulfonamides is 1. The highest BCUT2D eigenvalue weighted by Crippen LogP contribution is 2.25. The third-order valence-electron chi connectivity index (χ3n) is 4.39. The van der Waals surface area contributed by atoms with E-state index in [4.69, 9.17) is 4.74 Å². The number of benzene rings is 1. The molecule has 0 radical (unpaired) electrons. The molecule has 1 aromatic heterocycles. The van der Waals surface area contributed by atoms with Gasteiger partial charge < -0.3 is 4.74 Å². The lowest BCUT2D eigenvalue weighted by Gasteiger charge is -2.33. The smallest absolute Gasteiger partial charge is 0.338 e. The van der Waals surface area contributed by atoms with Gasteiger partial charge in [0.25, 0.3) is 0 Å². The summed E-state index contributed by atoms with van der Waals surface area (Å²) in [7, 11) is -3.56. The number of hydrogen-bond donors (Lipinski definition) is 0. The molecule has 0 N–H and O–H groups in total. The highest BCUT2D eigenvalue weighted by atomic mass is 79.9. The molecule has 0 amide bonds. The van der Waals surface area contributed by atoms with E-state index in [1.54, 1.807) is 18.3 Å². The Kier molecular flexibility index (Phi) is 6.69. The second-order valence-corrected chi connectivity index (χ2v) is 9.91. The molecule has 1 saturated heterocycles. The molecule has 0 atom stereocenters. The molecule has 0 saturated carbocycles. The van der Waals surface area contributed by atoms with Crippen LogP contribution < -0.4 is 0 Å². The molecule has 9 heteroatoms. The zero-order valence-corrected chi connectivity index (χ0v) is 18.1. The quantitative estimate of drug-likeness (QED) is 0.603. The van der Waals surface area contributed by atoms with Crippen LogP contribution in [0.5, 0.6) is 0 Å². The Hall–Kier alpha value is -1.26. The number of hydrogen-bond acceptors (Lipinski definition) is 6. The summed E-state index contributed by atoms with van der Waals surface area (Å²) in [5.74, 6) is -0.449. The first kappa shape index (κ1) is 20.5. The van der Waals surface area contributed by atoms with Crippen LogP contribution in [-0.2, 0) is 21.3 Å². The number of thiophene rings is 1. The van der Waals surface area contributed by atoms with Crippen molar-refractivity contribution in [3.05, 3.63) is 50.6 Å². The van der Waals surface area contributed by atoms with Crippen molar-refractivity contribution in [3.8, 4) is 0 Å². The number of ether oxygens (including phenoxy) is 1. The predicted molar refractivity (Wildman–Crippen MR) is 108 cm³/mol. The van der Waals surface area contributed by atoms with Gasteiger partial charge in [-0.2, -0.15) is 4.31 Å². The highest BCUT2D eigenvalue weighted by Gasteiger charge is 2.29. The van der Waals surface area contributed by atoms with E-state index < -0.39 is 16.0 Å². The normalized spacial score (nSPS) is 16.4. The molecule has 2 heterocycles. The van der Waals surface area contributed by atoms with Crippen LogP contribution in [0.25, 0.3) is 0 Å². The summed E-state index contributed by atoms with van der Waals surface area (Å²) in [6, 6.07) is 7.96. The molecule has 1 aliphatic rings. The molecule has 6 nitrogen and oxygen atoms in total. The first-order chi connectivity index (χ1) is 12.9. The van der Waals surface area contributed by atoms with Crippen molar-refractivity contribution in [2.75, 3.05) is 32.8 Å². The van der Waals surface area contributed by atoms with Gasteiger partial charge in [0, 0.05) is 42.1 Å². The number of rotatable bonds is 6. The number of halogens is 1. The number of esters is 1. The molecule has 146 valence electrons. The van der Waals surface area contributed by atoms with Crippen LogP contribution in [0.15, 0.2) is 45.1 Å². The van der Waals surface area contributed by atoms with Crippen molar-refractivity contribution in [1.82, 2.24) is 9.21 Å². The summed E-state index contributed by atoms with van der Waals surface area (Å²) in [4.78, 5) is 15.4. The lowest BCUT2D eigenvalue weighted by Crippen LogP contribution is -2.48. The zero-order valence-electron chi connectivity index (χ0n) is 14.9. The molecule has 2 aromatic rings. The molecule has 1 aliphatic heterocycles. The lowest BCUT2D eigenvalue weighted by atomic mass is 10.2. The largest absolute Gasteiger partial charge is 0.462 e. The van der Waals surface area contributed by atoms with Crippen molar-refractivity contribution >= 4 is 43.3 Å². The van der Waals surface area contributed by atoms with E-state index in [9.17, 15) is 13.2 Å². The van der Waals surface area contributed by atoms with Crippen LogP contribution in [0.3, 0.4) is 0 Å².